The quantitative estimate of drug-likeness (QED) is 0.543. The molecule has 92 valence electrons. The lowest BCUT2D eigenvalue weighted by Gasteiger charge is -2.07. The van der Waals surface area contributed by atoms with E-state index in [4.69, 9.17) is 15.2 Å². The van der Waals surface area contributed by atoms with Crippen LogP contribution in [0, 0.1) is 0 Å². The average Bonchev–Trinajstić information content (AvgIpc) is 2.35. The maximum absolute atomic E-state index is 10.8. The zero-order valence-electron chi connectivity index (χ0n) is 9.43. The van der Waals surface area contributed by atoms with E-state index in [1.807, 2.05) is 0 Å². The zero-order valence-corrected chi connectivity index (χ0v) is 9.43. The Morgan fingerprint density at radius 3 is 2.35 bits per heavy atom. The molecule has 6 heteroatoms. The summed E-state index contributed by atoms with van der Waals surface area (Å²) in [5.74, 6) is -0.434. The van der Waals surface area contributed by atoms with Gasteiger partial charge >= 0.3 is 11.8 Å². The first-order valence-electron chi connectivity index (χ1n) is 4.98. The van der Waals surface area contributed by atoms with Gasteiger partial charge < -0.3 is 20.5 Å². The molecule has 0 unspecified atom stereocenters. The second-order valence-electron chi connectivity index (χ2n) is 3.14. The van der Waals surface area contributed by atoms with Crippen molar-refractivity contribution < 1.29 is 19.1 Å². The van der Waals surface area contributed by atoms with Crippen molar-refractivity contribution in [3.8, 4) is 11.5 Å². The predicted octanol–water partition coefficient (Wildman–Crippen LogP) is -0.324. The van der Waals surface area contributed by atoms with Gasteiger partial charge in [0.1, 0.15) is 18.1 Å². The van der Waals surface area contributed by atoms with Crippen molar-refractivity contribution in [3.63, 3.8) is 0 Å². The maximum Gasteiger partial charge on any atom is 0.309 e. The summed E-state index contributed by atoms with van der Waals surface area (Å²) in [6.45, 7) is 0.471. The fourth-order valence-corrected chi connectivity index (χ4v) is 1.09. The Balaban J connectivity index is 2.26. The zero-order chi connectivity index (χ0) is 12.7. The first kappa shape index (κ1) is 12.8. The van der Waals surface area contributed by atoms with Crippen LogP contribution >= 0.6 is 0 Å². The van der Waals surface area contributed by atoms with Crippen LogP contribution < -0.4 is 20.5 Å². The van der Waals surface area contributed by atoms with E-state index in [2.05, 4.69) is 5.32 Å². The SMILES string of the molecule is COc1ccc(OCCNC(=O)C(N)=O)cc1. The minimum absolute atomic E-state index is 0.216. The third kappa shape index (κ3) is 4.42. The van der Waals surface area contributed by atoms with E-state index in [-0.39, 0.29) is 13.2 Å². The minimum Gasteiger partial charge on any atom is -0.497 e. The molecule has 17 heavy (non-hydrogen) atoms. The molecule has 1 aromatic rings. The van der Waals surface area contributed by atoms with Gasteiger partial charge in [0.25, 0.3) is 0 Å². The molecule has 1 rings (SSSR count). The molecule has 0 saturated heterocycles. The van der Waals surface area contributed by atoms with Crippen molar-refractivity contribution in [2.45, 2.75) is 0 Å². The van der Waals surface area contributed by atoms with Crippen LogP contribution in [0.4, 0.5) is 0 Å². The van der Waals surface area contributed by atoms with Crippen LogP contribution in [0.3, 0.4) is 0 Å². The number of primary amides is 1. The number of amides is 2. The van der Waals surface area contributed by atoms with Crippen molar-refractivity contribution in [2.24, 2.45) is 5.73 Å². The molecule has 0 heterocycles. The fraction of sp³-hybridized carbons (Fsp3) is 0.273. The largest absolute Gasteiger partial charge is 0.497 e. The molecule has 0 aliphatic carbocycles. The van der Waals surface area contributed by atoms with Crippen molar-refractivity contribution in [1.82, 2.24) is 5.32 Å². The summed E-state index contributed by atoms with van der Waals surface area (Å²) >= 11 is 0. The molecule has 0 atom stereocenters. The van der Waals surface area contributed by atoms with Gasteiger partial charge in [-0.2, -0.15) is 0 Å². The van der Waals surface area contributed by atoms with Gasteiger partial charge in [-0.05, 0) is 24.3 Å². The third-order valence-corrected chi connectivity index (χ3v) is 1.94. The number of rotatable bonds is 5. The van der Waals surface area contributed by atoms with Gasteiger partial charge in [-0.1, -0.05) is 0 Å². The van der Waals surface area contributed by atoms with Crippen LogP contribution in [0.5, 0.6) is 11.5 Å². The van der Waals surface area contributed by atoms with Crippen molar-refractivity contribution in [3.05, 3.63) is 24.3 Å². The first-order chi connectivity index (χ1) is 8.13. The van der Waals surface area contributed by atoms with Crippen molar-refractivity contribution >= 4 is 11.8 Å². The topological polar surface area (TPSA) is 90.7 Å². The molecule has 2 amide bonds. The minimum atomic E-state index is -1.01. The number of nitrogens with one attached hydrogen (secondary N) is 1. The molecular formula is C11H14N2O4. The van der Waals surface area contributed by atoms with Crippen LogP contribution in [0.1, 0.15) is 0 Å². The third-order valence-electron chi connectivity index (χ3n) is 1.94. The van der Waals surface area contributed by atoms with Crippen molar-refractivity contribution in [1.29, 1.82) is 0 Å². The average molecular weight is 238 g/mol. The molecule has 3 N–H and O–H groups in total. The molecule has 6 nitrogen and oxygen atoms in total. The van der Waals surface area contributed by atoms with Crippen LogP contribution in [0.15, 0.2) is 24.3 Å². The highest BCUT2D eigenvalue weighted by Gasteiger charge is 2.06. The number of carbonyl (C=O) groups excluding carboxylic acids is 2. The van der Waals surface area contributed by atoms with Crippen molar-refractivity contribution in [2.75, 3.05) is 20.3 Å². The highest BCUT2D eigenvalue weighted by Crippen LogP contribution is 2.16. The molecule has 1 aromatic carbocycles. The lowest BCUT2D eigenvalue weighted by molar-refractivity contribution is -0.137. The second kappa shape index (κ2) is 6.37. The van der Waals surface area contributed by atoms with E-state index in [0.29, 0.717) is 5.75 Å². The van der Waals surface area contributed by atoms with E-state index >= 15 is 0 Å². The fourth-order valence-electron chi connectivity index (χ4n) is 1.09. The van der Waals surface area contributed by atoms with Gasteiger partial charge in [-0.25, -0.2) is 0 Å². The lowest BCUT2D eigenvalue weighted by Crippen LogP contribution is -2.38. The Morgan fingerprint density at radius 1 is 1.24 bits per heavy atom. The van der Waals surface area contributed by atoms with Gasteiger partial charge in [0.2, 0.25) is 0 Å². The molecule has 0 aromatic heterocycles. The van der Waals surface area contributed by atoms with Gasteiger partial charge in [0, 0.05) is 0 Å². The summed E-state index contributed by atoms with van der Waals surface area (Å²) in [6, 6.07) is 7.01. The molecule has 0 spiro atoms. The standard InChI is InChI=1S/C11H14N2O4/c1-16-8-2-4-9(5-3-8)17-7-6-13-11(15)10(12)14/h2-5H,6-7H2,1H3,(H2,12,14)(H,13,15). The molecule has 0 bridgehead atoms. The smallest absolute Gasteiger partial charge is 0.309 e. The van der Waals surface area contributed by atoms with E-state index in [1.165, 1.54) is 0 Å². The Kier molecular flexibility index (Phi) is 4.80. The summed E-state index contributed by atoms with van der Waals surface area (Å²) in [5, 5.41) is 2.31. The van der Waals surface area contributed by atoms with Crippen LogP contribution in [0.2, 0.25) is 0 Å². The summed E-state index contributed by atoms with van der Waals surface area (Å²) in [5.41, 5.74) is 4.76. The Labute approximate surface area is 98.7 Å². The Morgan fingerprint density at radius 2 is 1.82 bits per heavy atom. The Bertz CT molecular complexity index is 389. The first-order valence-corrected chi connectivity index (χ1v) is 4.98. The van der Waals surface area contributed by atoms with Crippen LogP contribution in [-0.2, 0) is 9.59 Å². The van der Waals surface area contributed by atoms with E-state index in [9.17, 15) is 9.59 Å². The van der Waals surface area contributed by atoms with Gasteiger partial charge in [0.05, 0.1) is 13.7 Å². The number of hydrogen-bond acceptors (Lipinski definition) is 4. The van der Waals surface area contributed by atoms with E-state index in [0.717, 1.165) is 5.75 Å². The number of hydrogen-bond donors (Lipinski definition) is 2. The summed E-state index contributed by atoms with van der Waals surface area (Å²) in [7, 11) is 1.58. The predicted molar refractivity (Wildman–Crippen MR) is 60.7 cm³/mol. The number of methoxy groups -OCH3 is 1. The molecule has 0 aliphatic heterocycles. The van der Waals surface area contributed by atoms with Crippen LogP contribution in [-0.4, -0.2) is 32.1 Å². The number of ether oxygens (including phenoxy) is 2. The summed E-state index contributed by atoms with van der Waals surface area (Å²) in [4.78, 5) is 21.2. The van der Waals surface area contributed by atoms with E-state index < -0.39 is 11.8 Å². The molecule has 0 fully saturated rings. The summed E-state index contributed by atoms with van der Waals surface area (Å²) in [6.07, 6.45) is 0. The van der Waals surface area contributed by atoms with Gasteiger partial charge in [-0.3, -0.25) is 9.59 Å². The normalized spacial score (nSPS) is 9.47. The highest BCUT2D eigenvalue weighted by molar-refractivity contribution is 6.34. The molecule has 0 saturated carbocycles. The number of nitrogens with two attached hydrogens (primary N) is 1. The van der Waals surface area contributed by atoms with E-state index in [1.54, 1.807) is 31.4 Å². The van der Waals surface area contributed by atoms with Gasteiger partial charge in [0.15, 0.2) is 0 Å². The monoisotopic (exact) mass is 238 g/mol. The second-order valence-corrected chi connectivity index (χ2v) is 3.14. The van der Waals surface area contributed by atoms with Gasteiger partial charge in [-0.15, -0.1) is 0 Å². The molecular weight excluding hydrogens is 224 g/mol. The molecule has 0 aliphatic rings. The highest BCUT2D eigenvalue weighted by atomic mass is 16.5. The lowest BCUT2D eigenvalue weighted by atomic mass is 10.3. The summed E-state index contributed by atoms with van der Waals surface area (Å²) < 4.78 is 10.3. The number of carbonyl (C=O) groups is 2. The maximum atomic E-state index is 10.8. The Hall–Kier alpha value is -2.24. The molecule has 0 radical (unpaired) electrons. The number of benzene rings is 1. The van der Waals surface area contributed by atoms with Crippen LogP contribution in [0.25, 0.3) is 0 Å².